The van der Waals surface area contributed by atoms with Gasteiger partial charge >= 0.3 is 0 Å². The molecule has 2 aromatic carbocycles. The van der Waals surface area contributed by atoms with E-state index in [1.54, 1.807) is 18.2 Å². The van der Waals surface area contributed by atoms with E-state index in [4.69, 9.17) is 16.3 Å². The molecule has 1 atom stereocenters. The highest BCUT2D eigenvalue weighted by Gasteiger charge is 2.19. The summed E-state index contributed by atoms with van der Waals surface area (Å²) >= 11 is 5.85. The molecule has 0 saturated heterocycles. The van der Waals surface area contributed by atoms with E-state index in [1.165, 1.54) is 6.92 Å². The number of hydrogen-bond donors (Lipinski definition) is 0. The van der Waals surface area contributed by atoms with Crippen molar-refractivity contribution in [3.63, 3.8) is 0 Å². The average molecular weight is 311 g/mol. The summed E-state index contributed by atoms with van der Waals surface area (Å²) in [5.41, 5.74) is 0.622. The molecule has 0 radical (unpaired) electrons. The molecule has 0 aliphatic heterocycles. The molecule has 1 unspecified atom stereocenters. The van der Waals surface area contributed by atoms with Crippen LogP contribution in [0.4, 0.5) is 8.78 Å². The number of ether oxygens (including phenoxy) is 1. The van der Waals surface area contributed by atoms with Gasteiger partial charge in [-0.3, -0.25) is 4.79 Å². The summed E-state index contributed by atoms with van der Waals surface area (Å²) in [6.07, 6.45) is -0.844. The van der Waals surface area contributed by atoms with Crippen molar-refractivity contribution in [1.82, 2.24) is 0 Å². The largest absolute Gasteiger partial charge is 0.366 e. The molecule has 0 aromatic heterocycles. The summed E-state index contributed by atoms with van der Waals surface area (Å²) in [6.45, 7) is 1.70. The van der Waals surface area contributed by atoms with Crippen LogP contribution in [0.5, 0.6) is 0 Å². The Balaban J connectivity index is 2.02. The van der Waals surface area contributed by atoms with Crippen LogP contribution in [0.3, 0.4) is 0 Å². The van der Waals surface area contributed by atoms with E-state index < -0.39 is 23.5 Å². The van der Waals surface area contributed by atoms with Crippen LogP contribution in [0.1, 0.15) is 22.8 Å². The van der Waals surface area contributed by atoms with Crippen molar-refractivity contribution in [2.24, 2.45) is 0 Å². The molecule has 2 rings (SSSR count). The highest BCUT2D eigenvalue weighted by Crippen LogP contribution is 2.16. The molecular weight excluding hydrogens is 298 g/mol. The molecule has 2 aromatic rings. The molecule has 0 aliphatic carbocycles. The summed E-state index contributed by atoms with van der Waals surface area (Å²) in [5, 5.41) is 0.569. The number of benzene rings is 2. The third kappa shape index (κ3) is 4.09. The van der Waals surface area contributed by atoms with Crippen molar-refractivity contribution in [1.29, 1.82) is 0 Å². The van der Waals surface area contributed by atoms with E-state index in [-0.39, 0.29) is 12.2 Å². The molecule has 21 heavy (non-hydrogen) atoms. The summed E-state index contributed by atoms with van der Waals surface area (Å²) in [7, 11) is 0. The van der Waals surface area contributed by atoms with E-state index in [9.17, 15) is 13.6 Å². The average Bonchev–Trinajstić information content (AvgIpc) is 2.44. The van der Waals surface area contributed by atoms with Gasteiger partial charge in [0.05, 0.1) is 12.2 Å². The van der Waals surface area contributed by atoms with Gasteiger partial charge in [0.25, 0.3) is 0 Å². The van der Waals surface area contributed by atoms with Gasteiger partial charge in [-0.15, -0.1) is 0 Å². The number of halogens is 3. The van der Waals surface area contributed by atoms with Crippen LogP contribution in [0.2, 0.25) is 5.02 Å². The maximum absolute atomic E-state index is 13.5. The van der Waals surface area contributed by atoms with Gasteiger partial charge in [-0.05, 0) is 36.8 Å². The van der Waals surface area contributed by atoms with Gasteiger partial charge in [0, 0.05) is 11.1 Å². The molecule has 0 bridgehead atoms. The fraction of sp³-hybridized carbons (Fsp3) is 0.188. The highest BCUT2D eigenvalue weighted by atomic mass is 35.5. The van der Waals surface area contributed by atoms with Gasteiger partial charge in [0.15, 0.2) is 5.78 Å². The van der Waals surface area contributed by atoms with Crippen LogP contribution < -0.4 is 0 Å². The molecule has 0 amide bonds. The number of Topliss-reactive ketones (excluding diaryl/α,β-unsaturated/α-hetero) is 1. The minimum Gasteiger partial charge on any atom is -0.366 e. The van der Waals surface area contributed by atoms with E-state index in [1.807, 2.05) is 6.07 Å². The third-order valence-electron chi connectivity index (χ3n) is 2.95. The Morgan fingerprint density at radius 1 is 1.24 bits per heavy atom. The van der Waals surface area contributed by atoms with Crippen LogP contribution in [0.25, 0.3) is 0 Å². The Morgan fingerprint density at radius 3 is 2.67 bits per heavy atom. The van der Waals surface area contributed by atoms with Gasteiger partial charge in [0.1, 0.15) is 17.7 Å². The molecule has 0 spiro atoms. The zero-order valence-electron chi connectivity index (χ0n) is 11.3. The molecule has 0 N–H and O–H groups in total. The maximum atomic E-state index is 13.5. The second kappa shape index (κ2) is 6.78. The summed E-state index contributed by atoms with van der Waals surface area (Å²) in [5.74, 6) is -2.15. The van der Waals surface area contributed by atoms with Crippen molar-refractivity contribution < 1.29 is 18.3 Å². The molecule has 0 fully saturated rings. The number of carbonyl (C=O) groups excluding carboxylic acids is 1. The van der Waals surface area contributed by atoms with Gasteiger partial charge in [-0.25, -0.2) is 8.78 Å². The predicted molar refractivity (Wildman–Crippen MR) is 76.4 cm³/mol. The van der Waals surface area contributed by atoms with Gasteiger partial charge in [-0.1, -0.05) is 23.7 Å². The van der Waals surface area contributed by atoms with E-state index in [0.717, 1.165) is 17.7 Å². The van der Waals surface area contributed by atoms with E-state index in [0.29, 0.717) is 11.1 Å². The molecule has 0 saturated carbocycles. The fourth-order valence-electron chi connectivity index (χ4n) is 1.83. The minimum absolute atomic E-state index is 0.177. The molecule has 0 aliphatic rings. The van der Waals surface area contributed by atoms with Crippen molar-refractivity contribution >= 4 is 17.4 Å². The Morgan fingerprint density at radius 2 is 2.00 bits per heavy atom. The lowest BCUT2D eigenvalue weighted by atomic mass is 10.1. The van der Waals surface area contributed by atoms with E-state index in [2.05, 4.69) is 0 Å². The molecule has 0 heterocycles. The maximum Gasteiger partial charge on any atom is 0.194 e. The molecule has 110 valence electrons. The van der Waals surface area contributed by atoms with Gasteiger partial charge in [0.2, 0.25) is 0 Å². The normalized spacial score (nSPS) is 12.2. The molecule has 2 nitrogen and oxygen atoms in total. The van der Waals surface area contributed by atoms with Gasteiger partial charge < -0.3 is 4.74 Å². The van der Waals surface area contributed by atoms with Crippen LogP contribution in [-0.4, -0.2) is 11.9 Å². The standard InChI is InChI=1S/C16H13ClF2O2/c1-10(21-9-11-3-2-4-12(17)7-11)16(20)14-6-5-13(18)8-15(14)19/h2-8,10H,9H2,1H3. The lowest BCUT2D eigenvalue weighted by Crippen LogP contribution is -2.22. The van der Waals surface area contributed by atoms with Crippen LogP contribution >= 0.6 is 11.6 Å². The monoisotopic (exact) mass is 310 g/mol. The SMILES string of the molecule is CC(OCc1cccc(Cl)c1)C(=O)c1ccc(F)cc1F. The third-order valence-corrected chi connectivity index (χ3v) is 3.19. The second-order valence-electron chi connectivity index (χ2n) is 4.57. The van der Waals surface area contributed by atoms with Crippen molar-refractivity contribution in [2.75, 3.05) is 0 Å². The predicted octanol–water partition coefficient (Wildman–Crippen LogP) is 4.41. The van der Waals surface area contributed by atoms with Crippen LogP contribution in [-0.2, 0) is 11.3 Å². The van der Waals surface area contributed by atoms with Crippen LogP contribution in [0.15, 0.2) is 42.5 Å². The topological polar surface area (TPSA) is 26.3 Å². The Labute approximate surface area is 126 Å². The number of carbonyl (C=O) groups is 1. The van der Waals surface area contributed by atoms with E-state index >= 15 is 0 Å². The summed E-state index contributed by atoms with van der Waals surface area (Å²) in [4.78, 5) is 12.1. The smallest absolute Gasteiger partial charge is 0.194 e. The zero-order valence-corrected chi connectivity index (χ0v) is 12.0. The van der Waals surface area contributed by atoms with Crippen LogP contribution in [0, 0.1) is 11.6 Å². The Hall–Kier alpha value is -1.78. The number of ketones is 1. The Kier molecular flexibility index (Phi) is 5.04. The second-order valence-corrected chi connectivity index (χ2v) is 5.01. The zero-order chi connectivity index (χ0) is 15.4. The summed E-state index contributed by atoms with van der Waals surface area (Å²) in [6, 6.07) is 9.86. The lowest BCUT2D eigenvalue weighted by Gasteiger charge is -2.13. The molecular formula is C16H13ClF2O2. The Bertz CT molecular complexity index is 658. The van der Waals surface area contributed by atoms with Crippen molar-refractivity contribution in [3.05, 3.63) is 70.2 Å². The molecule has 5 heteroatoms. The van der Waals surface area contributed by atoms with Crippen molar-refractivity contribution in [2.45, 2.75) is 19.6 Å². The lowest BCUT2D eigenvalue weighted by molar-refractivity contribution is 0.0408. The first kappa shape index (κ1) is 15.6. The van der Waals surface area contributed by atoms with Gasteiger partial charge in [-0.2, -0.15) is 0 Å². The van der Waals surface area contributed by atoms with Crippen molar-refractivity contribution in [3.8, 4) is 0 Å². The first-order valence-corrected chi connectivity index (χ1v) is 6.70. The minimum atomic E-state index is -0.891. The highest BCUT2D eigenvalue weighted by molar-refractivity contribution is 6.30. The number of rotatable bonds is 5. The fourth-order valence-corrected chi connectivity index (χ4v) is 2.04. The first-order chi connectivity index (χ1) is 9.97. The first-order valence-electron chi connectivity index (χ1n) is 6.32. The summed E-state index contributed by atoms with van der Waals surface area (Å²) < 4.78 is 31.8. The number of hydrogen-bond acceptors (Lipinski definition) is 2. The quantitative estimate of drug-likeness (QED) is 0.765.